The van der Waals surface area contributed by atoms with E-state index in [0.29, 0.717) is 34.5 Å². The Labute approximate surface area is 207 Å². The summed E-state index contributed by atoms with van der Waals surface area (Å²) in [5, 5.41) is 17.1. The van der Waals surface area contributed by atoms with Gasteiger partial charge < -0.3 is 20.3 Å². The summed E-state index contributed by atoms with van der Waals surface area (Å²) < 4.78 is 5.23. The molecule has 2 aromatic carbocycles. The molecule has 2 N–H and O–H groups in total. The number of nitrogens with one attached hydrogen (secondary N) is 2. The standard InChI is InChI=1S/C26H37N5O4/c1-18(2)11-13-30(14-12-19(3)4)26(32)20-7-9-22(24(15-20)27-5)28-17-29-23-10-8-21(31(33)34)16-25(23)35-6/h7-10,15-19,27H,11-14H2,1-6H3,(H,28,29). The number of hydrogen-bond donors (Lipinski definition) is 2. The Bertz CT molecular complexity index is 1020. The molecular formula is C26H37N5O4. The highest BCUT2D eigenvalue weighted by atomic mass is 16.6. The Kier molecular flexibility index (Phi) is 10.5. The third-order valence-electron chi connectivity index (χ3n) is 5.57. The third-order valence-corrected chi connectivity index (χ3v) is 5.57. The molecule has 0 spiro atoms. The number of benzene rings is 2. The lowest BCUT2D eigenvalue weighted by Gasteiger charge is -2.25. The van der Waals surface area contributed by atoms with Crippen LogP contribution in [0.15, 0.2) is 41.4 Å². The molecule has 0 saturated heterocycles. The lowest BCUT2D eigenvalue weighted by molar-refractivity contribution is -0.384. The van der Waals surface area contributed by atoms with Gasteiger partial charge in [0.25, 0.3) is 11.6 Å². The van der Waals surface area contributed by atoms with Crippen molar-refractivity contribution in [2.45, 2.75) is 40.5 Å². The quantitative estimate of drug-likeness (QED) is 0.158. The van der Waals surface area contributed by atoms with Gasteiger partial charge in [-0.2, -0.15) is 0 Å². The number of nitro groups is 1. The van der Waals surface area contributed by atoms with Crippen LogP contribution in [0.25, 0.3) is 0 Å². The van der Waals surface area contributed by atoms with E-state index in [-0.39, 0.29) is 11.6 Å². The maximum atomic E-state index is 13.3. The zero-order chi connectivity index (χ0) is 26.0. The summed E-state index contributed by atoms with van der Waals surface area (Å²) in [6, 6.07) is 9.71. The van der Waals surface area contributed by atoms with Crippen LogP contribution in [-0.4, -0.2) is 49.3 Å². The molecule has 0 bridgehead atoms. The van der Waals surface area contributed by atoms with Gasteiger partial charge >= 0.3 is 0 Å². The lowest BCUT2D eigenvalue weighted by Crippen LogP contribution is -2.34. The SMILES string of the molecule is CNc1cc(C(=O)N(CCC(C)C)CCC(C)C)ccc1N=CNc1ccc([N+](=O)[O-])cc1OC. The van der Waals surface area contributed by atoms with Crippen molar-refractivity contribution >= 4 is 35.0 Å². The van der Waals surface area contributed by atoms with E-state index in [1.165, 1.54) is 25.6 Å². The number of carbonyl (C=O) groups is 1. The summed E-state index contributed by atoms with van der Waals surface area (Å²) in [7, 11) is 3.23. The van der Waals surface area contributed by atoms with Crippen LogP contribution in [0, 0.1) is 22.0 Å². The molecule has 35 heavy (non-hydrogen) atoms. The van der Waals surface area contributed by atoms with Crippen molar-refractivity contribution in [1.29, 1.82) is 0 Å². The highest BCUT2D eigenvalue weighted by Gasteiger charge is 2.18. The molecule has 0 heterocycles. The fraction of sp³-hybridized carbons (Fsp3) is 0.462. The van der Waals surface area contributed by atoms with Crippen LogP contribution in [-0.2, 0) is 0 Å². The molecule has 0 unspecified atom stereocenters. The molecule has 0 saturated carbocycles. The van der Waals surface area contributed by atoms with Crippen LogP contribution in [0.1, 0.15) is 50.9 Å². The first-order chi connectivity index (χ1) is 16.7. The van der Waals surface area contributed by atoms with Gasteiger partial charge in [-0.05, 0) is 48.9 Å². The zero-order valence-electron chi connectivity index (χ0n) is 21.5. The number of rotatable bonds is 13. The van der Waals surface area contributed by atoms with Gasteiger partial charge in [-0.25, -0.2) is 4.99 Å². The number of nitrogens with zero attached hydrogens (tertiary/aromatic N) is 3. The molecule has 0 aliphatic rings. The van der Waals surface area contributed by atoms with Crippen molar-refractivity contribution in [2.75, 3.05) is 37.9 Å². The highest BCUT2D eigenvalue weighted by Crippen LogP contribution is 2.30. The number of hydrogen-bond acceptors (Lipinski definition) is 6. The van der Waals surface area contributed by atoms with Crippen molar-refractivity contribution in [1.82, 2.24) is 4.90 Å². The minimum Gasteiger partial charge on any atom is -0.494 e. The Morgan fingerprint density at radius 2 is 1.74 bits per heavy atom. The van der Waals surface area contributed by atoms with Gasteiger partial charge in [0, 0.05) is 31.8 Å². The summed E-state index contributed by atoms with van der Waals surface area (Å²) in [5.74, 6) is 1.40. The van der Waals surface area contributed by atoms with Crippen molar-refractivity contribution in [3.8, 4) is 5.75 Å². The fourth-order valence-electron chi connectivity index (χ4n) is 3.39. The maximum Gasteiger partial charge on any atom is 0.273 e. The van der Waals surface area contributed by atoms with Gasteiger partial charge in [0.1, 0.15) is 5.75 Å². The number of methoxy groups -OCH3 is 1. The summed E-state index contributed by atoms with van der Waals surface area (Å²) in [5.41, 5.74) is 2.47. The largest absolute Gasteiger partial charge is 0.494 e. The van der Waals surface area contributed by atoms with Crippen molar-refractivity contribution < 1.29 is 14.5 Å². The molecule has 0 aromatic heterocycles. The van der Waals surface area contributed by atoms with Crippen LogP contribution in [0.2, 0.25) is 0 Å². The topological polar surface area (TPSA) is 109 Å². The van der Waals surface area contributed by atoms with Crippen molar-refractivity contribution in [3.63, 3.8) is 0 Å². The monoisotopic (exact) mass is 483 g/mol. The normalized spacial score (nSPS) is 11.2. The predicted octanol–water partition coefficient (Wildman–Crippen LogP) is 5.95. The molecule has 0 radical (unpaired) electrons. The Hall–Kier alpha value is -3.62. The second-order valence-corrected chi connectivity index (χ2v) is 9.18. The van der Waals surface area contributed by atoms with Gasteiger partial charge in [-0.15, -0.1) is 0 Å². The summed E-state index contributed by atoms with van der Waals surface area (Å²) in [4.78, 5) is 30.2. The van der Waals surface area contributed by atoms with Gasteiger partial charge in [-0.3, -0.25) is 14.9 Å². The lowest BCUT2D eigenvalue weighted by atomic mass is 10.1. The minimum absolute atomic E-state index is 0.0204. The van der Waals surface area contributed by atoms with Crippen molar-refractivity contribution in [2.24, 2.45) is 16.8 Å². The number of nitro benzene ring substituents is 1. The van der Waals surface area contributed by atoms with E-state index in [0.717, 1.165) is 31.6 Å². The van der Waals surface area contributed by atoms with Gasteiger partial charge in [-0.1, -0.05) is 27.7 Å². The molecule has 0 aliphatic heterocycles. The first-order valence-corrected chi connectivity index (χ1v) is 11.9. The summed E-state index contributed by atoms with van der Waals surface area (Å²) >= 11 is 0. The highest BCUT2D eigenvalue weighted by molar-refractivity contribution is 5.96. The van der Waals surface area contributed by atoms with Crippen LogP contribution < -0.4 is 15.4 Å². The number of anilines is 2. The van der Waals surface area contributed by atoms with Crippen LogP contribution in [0.3, 0.4) is 0 Å². The molecule has 0 fully saturated rings. The van der Waals surface area contributed by atoms with Crippen molar-refractivity contribution in [3.05, 3.63) is 52.1 Å². The Morgan fingerprint density at radius 3 is 2.29 bits per heavy atom. The van der Waals surface area contributed by atoms with E-state index in [1.807, 2.05) is 11.0 Å². The number of carbonyl (C=O) groups excluding carboxylic acids is 1. The van der Waals surface area contributed by atoms with E-state index in [4.69, 9.17) is 4.74 Å². The third kappa shape index (κ3) is 8.27. The van der Waals surface area contributed by atoms with E-state index < -0.39 is 4.92 Å². The van der Waals surface area contributed by atoms with E-state index >= 15 is 0 Å². The molecule has 0 atom stereocenters. The van der Waals surface area contributed by atoms with Gasteiger partial charge in [0.05, 0.1) is 41.5 Å². The average molecular weight is 484 g/mol. The van der Waals surface area contributed by atoms with Crippen LogP contribution >= 0.6 is 0 Å². The molecule has 2 aromatic rings. The van der Waals surface area contributed by atoms with Gasteiger partial charge in [0.15, 0.2) is 0 Å². The summed E-state index contributed by atoms with van der Waals surface area (Å²) in [6.45, 7) is 10.1. The number of amides is 1. The first kappa shape index (κ1) is 27.6. The predicted molar refractivity (Wildman–Crippen MR) is 142 cm³/mol. The minimum atomic E-state index is -0.477. The second-order valence-electron chi connectivity index (χ2n) is 9.18. The van der Waals surface area contributed by atoms with E-state index in [9.17, 15) is 14.9 Å². The Balaban J connectivity index is 2.19. The molecule has 190 valence electrons. The molecule has 9 heteroatoms. The van der Waals surface area contributed by atoms with E-state index in [2.05, 4.69) is 43.3 Å². The smallest absolute Gasteiger partial charge is 0.273 e. The van der Waals surface area contributed by atoms with E-state index in [1.54, 1.807) is 25.2 Å². The van der Waals surface area contributed by atoms with Crippen LogP contribution in [0.5, 0.6) is 5.75 Å². The van der Waals surface area contributed by atoms with Crippen LogP contribution in [0.4, 0.5) is 22.7 Å². The molecular weight excluding hydrogens is 446 g/mol. The molecule has 9 nitrogen and oxygen atoms in total. The fourth-order valence-corrected chi connectivity index (χ4v) is 3.39. The summed E-state index contributed by atoms with van der Waals surface area (Å²) in [6.07, 6.45) is 3.41. The molecule has 2 rings (SSSR count). The maximum absolute atomic E-state index is 13.3. The first-order valence-electron chi connectivity index (χ1n) is 11.9. The molecule has 1 amide bonds. The number of non-ortho nitro benzene ring substituents is 1. The second kappa shape index (κ2) is 13.3. The Morgan fingerprint density at radius 1 is 1.09 bits per heavy atom. The number of ether oxygens (including phenoxy) is 1. The molecule has 0 aliphatic carbocycles. The number of aliphatic imine (C=N–C) groups is 1. The average Bonchev–Trinajstić information content (AvgIpc) is 2.83. The van der Waals surface area contributed by atoms with Gasteiger partial charge in [0.2, 0.25) is 0 Å². The zero-order valence-corrected chi connectivity index (χ0v) is 21.5.